The number of hydrogen-bond donors (Lipinski definition) is 0. The quantitative estimate of drug-likeness (QED) is 0.446. The van der Waals surface area contributed by atoms with Crippen molar-refractivity contribution in [2.75, 3.05) is 13.2 Å². The summed E-state index contributed by atoms with van der Waals surface area (Å²) in [7, 11) is 0. The molecular weight excluding hydrogens is 506 g/mol. The van der Waals surface area contributed by atoms with Gasteiger partial charge in [-0.15, -0.1) is 0 Å². The van der Waals surface area contributed by atoms with Crippen LogP contribution in [0.4, 0.5) is 0 Å². The van der Waals surface area contributed by atoms with Crippen molar-refractivity contribution in [2.24, 2.45) is 0 Å². The molecule has 0 aromatic heterocycles. The zero-order valence-electron chi connectivity index (χ0n) is 11.7. The predicted molar refractivity (Wildman–Crippen MR) is 102 cm³/mol. The average molecular weight is 520 g/mol. The normalized spacial score (nSPS) is 17.5. The number of benzene rings is 2. The minimum Gasteiger partial charge on any atom is -0.488 e. The van der Waals surface area contributed by atoms with Crippen LogP contribution >= 0.6 is 45.2 Å². The molecule has 0 spiro atoms. The van der Waals surface area contributed by atoms with Gasteiger partial charge in [0.25, 0.3) is 0 Å². The van der Waals surface area contributed by atoms with Crippen LogP contribution in [-0.4, -0.2) is 25.1 Å². The van der Waals surface area contributed by atoms with Crippen LogP contribution in [0.3, 0.4) is 0 Å². The summed E-state index contributed by atoms with van der Waals surface area (Å²) in [6, 6.07) is 13.2. The van der Waals surface area contributed by atoms with Gasteiger partial charge in [-0.25, -0.2) is 0 Å². The van der Waals surface area contributed by atoms with Crippen molar-refractivity contribution in [3.05, 3.63) is 60.7 Å². The topological polar surface area (TPSA) is 35.5 Å². The van der Waals surface area contributed by atoms with Gasteiger partial charge in [-0.2, -0.15) is 0 Å². The van der Waals surface area contributed by atoms with Gasteiger partial charge < -0.3 is 9.47 Å². The molecule has 1 aliphatic heterocycles. The molecule has 0 unspecified atom stereocenters. The van der Waals surface area contributed by atoms with Crippen molar-refractivity contribution < 1.29 is 14.3 Å². The lowest BCUT2D eigenvalue weighted by atomic mass is 10.0. The molecule has 0 saturated carbocycles. The fourth-order valence-corrected chi connectivity index (χ4v) is 3.38. The Morgan fingerprint density at radius 2 is 1.91 bits per heavy atom. The molecule has 22 heavy (non-hydrogen) atoms. The van der Waals surface area contributed by atoms with Crippen molar-refractivity contribution in [2.45, 2.75) is 12.5 Å². The van der Waals surface area contributed by atoms with E-state index in [2.05, 4.69) is 45.2 Å². The van der Waals surface area contributed by atoms with E-state index in [1.165, 1.54) is 0 Å². The zero-order chi connectivity index (χ0) is 15.5. The molecule has 0 bridgehead atoms. The largest absolute Gasteiger partial charge is 0.488 e. The highest BCUT2D eigenvalue weighted by atomic mass is 127. The summed E-state index contributed by atoms with van der Waals surface area (Å²) >= 11 is 4.42. The smallest absolute Gasteiger partial charge is 0.194 e. The van der Waals surface area contributed by atoms with Gasteiger partial charge in [0.05, 0.1) is 13.2 Å². The van der Waals surface area contributed by atoms with Gasteiger partial charge in [-0.1, -0.05) is 0 Å². The molecule has 0 N–H and O–H groups in total. The Labute approximate surface area is 156 Å². The summed E-state index contributed by atoms with van der Waals surface area (Å²) in [5.41, 5.74) is 1.42. The SMILES string of the molecule is O=C(c1ccc(O[C@H]2CCOC2)cc1)c1cc(I)ccc1I. The van der Waals surface area contributed by atoms with E-state index in [-0.39, 0.29) is 11.9 Å². The van der Waals surface area contributed by atoms with E-state index in [4.69, 9.17) is 9.47 Å². The summed E-state index contributed by atoms with van der Waals surface area (Å²) < 4.78 is 13.1. The molecule has 1 aliphatic rings. The second-order valence-corrected chi connectivity index (χ2v) is 7.49. The molecule has 0 radical (unpaired) electrons. The summed E-state index contributed by atoms with van der Waals surface area (Å²) in [6.45, 7) is 1.40. The lowest BCUT2D eigenvalue weighted by Gasteiger charge is -2.12. The van der Waals surface area contributed by atoms with E-state index in [0.29, 0.717) is 12.2 Å². The minimum absolute atomic E-state index is 0.0404. The van der Waals surface area contributed by atoms with Crippen molar-refractivity contribution in [1.29, 1.82) is 0 Å². The Balaban J connectivity index is 1.77. The van der Waals surface area contributed by atoms with Crippen molar-refractivity contribution in [3.8, 4) is 5.75 Å². The zero-order valence-corrected chi connectivity index (χ0v) is 16.0. The lowest BCUT2D eigenvalue weighted by molar-refractivity contribution is 0.103. The second-order valence-electron chi connectivity index (χ2n) is 5.08. The number of carbonyl (C=O) groups is 1. The number of carbonyl (C=O) groups excluding carboxylic acids is 1. The van der Waals surface area contributed by atoms with Crippen molar-refractivity contribution >= 4 is 51.0 Å². The fourth-order valence-electron chi connectivity index (χ4n) is 2.31. The molecule has 0 aliphatic carbocycles. The summed E-state index contributed by atoms with van der Waals surface area (Å²) in [6.07, 6.45) is 1.04. The van der Waals surface area contributed by atoms with Crippen molar-refractivity contribution in [1.82, 2.24) is 0 Å². The Morgan fingerprint density at radius 1 is 1.14 bits per heavy atom. The van der Waals surface area contributed by atoms with E-state index < -0.39 is 0 Å². The van der Waals surface area contributed by atoms with E-state index in [0.717, 1.165) is 31.5 Å². The molecule has 1 heterocycles. The van der Waals surface area contributed by atoms with Crippen LogP contribution in [0, 0.1) is 7.14 Å². The molecule has 3 rings (SSSR count). The Kier molecular flexibility index (Phi) is 5.35. The maximum absolute atomic E-state index is 12.6. The third-order valence-corrected chi connectivity index (χ3v) is 5.09. The van der Waals surface area contributed by atoms with Crippen LogP contribution in [0.2, 0.25) is 0 Å². The minimum atomic E-state index is 0.0404. The number of hydrogen-bond acceptors (Lipinski definition) is 3. The van der Waals surface area contributed by atoms with Gasteiger partial charge in [0.2, 0.25) is 0 Å². The molecule has 5 heteroatoms. The number of ether oxygens (including phenoxy) is 2. The Hall–Kier alpha value is -0.670. The van der Waals surface area contributed by atoms with Crippen LogP contribution in [0.15, 0.2) is 42.5 Å². The van der Waals surface area contributed by atoms with Crippen LogP contribution in [0.25, 0.3) is 0 Å². The second kappa shape index (κ2) is 7.27. The van der Waals surface area contributed by atoms with Gasteiger partial charge in [0.1, 0.15) is 11.9 Å². The maximum atomic E-state index is 12.6. The molecule has 114 valence electrons. The highest BCUT2D eigenvalue weighted by Crippen LogP contribution is 2.22. The first kappa shape index (κ1) is 16.2. The highest BCUT2D eigenvalue weighted by Gasteiger charge is 2.18. The molecule has 1 fully saturated rings. The van der Waals surface area contributed by atoms with E-state index in [9.17, 15) is 4.79 Å². The van der Waals surface area contributed by atoms with Crippen LogP contribution in [0.5, 0.6) is 5.75 Å². The summed E-state index contributed by atoms with van der Waals surface area (Å²) in [5, 5.41) is 0. The van der Waals surface area contributed by atoms with Crippen LogP contribution in [0.1, 0.15) is 22.3 Å². The summed E-state index contributed by atoms with van der Waals surface area (Å²) in [4.78, 5) is 12.6. The number of rotatable bonds is 4. The average Bonchev–Trinajstić information content (AvgIpc) is 3.03. The van der Waals surface area contributed by atoms with E-state index >= 15 is 0 Å². The molecule has 0 amide bonds. The highest BCUT2D eigenvalue weighted by molar-refractivity contribution is 14.1. The fraction of sp³-hybridized carbons (Fsp3) is 0.235. The number of ketones is 1. The Bertz CT molecular complexity index is 677. The lowest BCUT2D eigenvalue weighted by Crippen LogP contribution is -2.15. The maximum Gasteiger partial charge on any atom is 0.194 e. The van der Waals surface area contributed by atoms with Crippen molar-refractivity contribution in [3.63, 3.8) is 0 Å². The molecule has 3 nitrogen and oxygen atoms in total. The first-order chi connectivity index (χ1) is 10.6. The molecular formula is C17H14I2O3. The Morgan fingerprint density at radius 3 is 2.59 bits per heavy atom. The third-order valence-electron chi connectivity index (χ3n) is 3.48. The van der Waals surface area contributed by atoms with Gasteiger partial charge in [-0.05, 0) is 87.6 Å². The number of halogens is 2. The van der Waals surface area contributed by atoms with E-state index in [1.807, 2.05) is 42.5 Å². The third kappa shape index (κ3) is 3.80. The first-order valence-electron chi connectivity index (χ1n) is 6.98. The van der Waals surface area contributed by atoms with Crippen LogP contribution < -0.4 is 4.74 Å². The molecule has 1 saturated heterocycles. The van der Waals surface area contributed by atoms with Gasteiger partial charge >= 0.3 is 0 Å². The molecule has 2 aromatic rings. The first-order valence-corrected chi connectivity index (χ1v) is 9.13. The predicted octanol–water partition coefficient (Wildman–Crippen LogP) is 4.29. The van der Waals surface area contributed by atoms with Gasteiger partial charge in [0.15, 0.2) is 5.78 Å². The van der Waals surface area contributed by atoms with Crippen LogP contribution in [-0.2, 0) is 4.74 Å². The van der Waals surface area contributed by atoms with E-state index in [1.54, 1.807) is 0 Å². The molecule has 2 aromatic carbocycles. The van der Waals surface area contributed by atoms with Gasteiger partial charge in [-0.3, -0.25) is 4.79 Å². The van der Waals surface area contributed by atoms with Gasteiger partial charge in [0, 0.05) is 24.7 Å². The summed E-state index contributed by atoms with van der Waals surface area (Å²) in [5.74, 6) is 0.822. The molecule has 1 atom stereocenters. The standard InChI is InChI=1S/C17H14I2O3/c18-12-3-6-16(19)15(9-12)17(20)11-1-4-13(5-2-11)22-14-7-8-21-10-14/h1-6,9,14H,7-8,10H2/t14-/m0/s1. The monoisotopic (exact) mass is 520 g/mol.